The van der Waals surface area contributed by atoms with E-state index in [0.29, 0.717) is 19.5 Å². The van der Waals surface area contributed by atoms with Crippen molar-refractivity contribution in [3.63, 3.8) is 0 Å². The molecule has 0 fully saturated rings. The molecule has 2 aromatic carbocycles. The lowest BCUT2D eigenvalue weighted by atomic mass is 9.96. The largest absolute Gasteiger partial charge is 0.388 e. The van der Waals surface area contributed by atoms with Gasteiger partial charge in [-0.3, -0.25) is 4.90 Å². The number of amides is 2. The van der Waals surface area contributed by atoms with Crippen LogP contribution >= 0.6 is 0 Å². The quantitative estimate of drug-likeness (QED) is 0.894. The van der Waals surface area contributed by atoms with Crippen LogP contribution in [0.3, 0.4) is 0 Å². The maximum atomic E-state index is 12.5. The first kappa shape index (κ1) is 14.6. The fourth-order valence-electron chi connectivity index (χ4n) is 2.91. The molecule has 0 saturated carbocycles. The van der Waals surface area contributed by atoms with Crippen molar-refractivity contribution in [1.82, 2.24) is 5.32 Å². The van der Waals surface area contributed by atoms with Crippen molar-refractivity contribution in [2.75, 3.05) is 11.4 Å². The molecule has 1 heterocycles. The molecule has 2 N–H and O–H groups in total. The van der Waals surface area contributed by atoms with E-state index in [1.54, 1.807) is 4.90 Å². The van der Waals surface area contributed by atoms with Crippen LogP contribution in [0, 0.1) is 6.92 Å². The Morgan fingerprint density at radius 2 is 2.00 bits per heavy atom. The summed E-state index contributed by atoms with van der Waals surface area (Å²) >= 11 is 0. The second-order valence-corrected chi connectivity index (χ2v) is 5.61. The van der Waals surface area contributed by atoms with E-state index in [-0.39, 0.29) is 6.03 Å². The highest BCUT2D eigenvalue weighted by molar-refractivity contribution is 5.94. The maximum absolute atomic E-state index is 12.5. The Balaban J connectivity index is 1.78. The van der Waals surface area contributed by atoms with Gasteiger partial charge in [-0.15, -0.1) is 0 Å². The van der Waals surface area contributed by atoms with Gasteiger partial charge in [-0.2, -0.15) is 0 Å². The van der Waals surface area contributed by atoms with Crippen LogP contribution in [-0.4, -0.2) is 17.7 Å². The minimum Gasteiger partial charge on any atom is -0.388 e. The van der Waals surface area contributed by atoms with E-state index in [0.717, 1.165) is 22.4 Å². The van der Waals surface area contributed by atoms with Crippen molar-refractivity contribution < 1.29 is 9.90 Å². The molecule has 0 spiro atoms. The number of aliphatic hydroxyl groups is 1. The molecule has 2 aromatic rings. The van der Waals surface area contributed by atoms with Gasteiger partial charge in [-0.1, -0.05) is 48.5 Å². The third kappa shape index (κ3) is 2.83. The van der Waals surface area contributed by atoms with E-state index < -0.39 is 6.10 Å². The number of carbonyl (C=O) groups is 1. The number of urea groups is 1. The molecule has 1 atom stereocenters. The zero-order chi connectivity index (χ0) is 15.5. The van der Waals surface area contributed by atoms with E-state index in [4.69, 9.17) is 0 Å². The number of benzene rings is 2. The van der Waals surface area contributed by atoms with Crippen molar-refractivity contribution in [2.24, 2.45) is 0 Å². The molecule has 2 amide bonds. The van der Waals surface area contributed by atoms with Gasteiger partial charge in [-0.05, 0) is 24.5 Å². The van der Waals surface area contributed by atoms with Crippen molar-refractivity contribution in [1.29, 1.82) is 0 Å². The number of anilines is 1. The molecule has 0 saturated heterocycles. The summed E-state index contributed by atoms with van der Waals surface area (Å²) in [6.45, 7) is 2.99. The number of nitrogens with zero attached hydrogens (tertiary/aromatic N) is 1. The summed E-state index contributed by atoms with van der Waals surface area (Å²) in [5.41, 5.74) is 3.75. The first-order chi connectivity index (χ1) is 10.7. The maximum Gasteiger partial charge on any atom is 0.322 e. The van der Waals surface area contributed by atoms with Crippen LogP contribution in [0.5, 0.6) is 0 Å². The second kappa shape index (κ2) is 6.20. The van der Waals surface area contributed by atoms with Crippen LogP contribution in [0.1, 0.15) is 29.2 Å². The molecular formula is C18H20N2O2. The minimum absolute atomic E-state index is 0.119. The Morgan fingerprint density at radius 1 is 1.23 bits per heavy atom. The molecular weight excluding hydrogens is 276 g/mol. The average Bonchev–Trinajstić information content (AvgIpc) is 2.55. The summed E-state index contributed by atoms with van der Waals surface area (Å²) < 4.78 is 0. The third-order valence-corrected chi connectivity index (χ3v) is 4.06. The van der Waals surface area contributed by atoms with Crippen molar-refractivity contribution in [2.45, 2.75) is 26.0 Å². The molecule has 4 nitrogen and oxygen atoms in total. The molecule has 0 bridgehead atoms. The Bertz CT molecular complexity index is 670. The number of carbonyl (C=O) groups excluding carboxylic acids is 1. The topological polar surface area (TPSA) is 52.6 Å². The van der Waals surface area contributed by atoms with Gasteiger partial charge in [0.2, 0.25) is 0 Å². The van der Waals surface area contributed by atoms with Gasteiger partial charge < -0.3 is 10.4 Å². The number of aryl methyl sites for hydroxylation is 1. The zero-order valence-electron chi connectivity index (χ0n) is 12.6. The summed E-state index contributed by atoms with van der Waals surface area (Å²) in [5, 5.41) is 13.1. The van der Waals surface area contributed by atoms with Crippen LogP contribution in [0.15, 0.2) is 48.5 Å². The van der Waals surface area contributed by atoms with Crippen LogP contribution in [0.25, 0.3) is 0 Å². The highest BCUT2D eigenvalue weighted by Gasteiger charge is 2.28. The number of hydrogen-bond donors (Lipinski definition) is 2. The lowest BCUT2D eigenvalue weighted by Crippen LogP contribution is -2.43. The van der Waals surface area contributed by atoms with Gasteiger partial charge in [-0.25, -0.2) is 4.79 Å². The molecule has 1 aliphatic rings. The molecule has 4 heteroatoms. The van der Waals surface area contributed by atoms with Crippen LogP contribution in [0.2, 0.25) is 0 Å². The van der Waals surface area contributed by atoms with E-state index in [1.165, 1.54) is 0 Å². The molecule has 0 aromatic heterocycles. The predicted octanol–water partition coefficient (Wildman–Crippen LogP) is 3.15. The van der Waals surface area contributed by atoms with Gasteiger partial charge in [0.15, 0.2) is 0 Å². The van der Waals surface area contributed by atoms with Crippen LogP contribution in [-0.2, 0) is 6.54 Å². The van der Waals surface area contributed by atoms with Gasteiger partial charge in [0.05, 0.1) is 11.8 Å². The number of rotatable bonds is 2. The van der Waals surface area contributed by atoms with E-state index in [1.807, 2.05) is 55.5 Å². The smallest absolute Gasteiger partial charge is 0.322 e. The van der Waals surface area contributed by atoms with E-state index >= 15 is 0 Å². The molecule has 3 rings (SSSR count). The first-order valence-corrected chi connectivity index (χ1v) is 7.53. The number of para-hydroxylation sites is 1. The summed E-state index contributed by atoms with van der Waals surface area (Å²) in [5.74, 6) is 0. The highest BCUT2D eigenvalue weighted by atomic mass is 16.3. The van der Waals surface area contributed by atoms with Crippen molar-refractivity contribution in [3.05, 3.63) is 65.2 Å². The zero-order valence-corrected chi connectivity index (χ0v) is 12.6. The Kier molecular flexibility index (Phi) is 4.11. The summed E-state index contributed by atoms with van der Waals surface area (Å²) in [4.78, 5) is 14.3. The molecule has 0 radical (unpaired) electrons. The van der Waals surface area contributed by atoms with E-state index in [2.05, 4.69) is 5.32 Å². The van der Waals surface area contributed by atoms with Crippen LogP contribution in [0.4, 0.5) is 10.5 Å². The number of nitrogens with one attached hydrogen (secondary N) is 1. The summed E-state index contributed by atoms with van der Waals surface area (Å²) in [6.07, 6.45) is 0.0722. The Hall–Kier alpha value is -2.33. The standard InChI is InChI=1S/C18H20N2O2/c1-13-6-5-9-15-16(21)10-11-20(17(13)15)18(22)19-12-14-7-3-2-4-8-14/h2-9,16,21H,10-12H2,1H3,(H,19,22). The minimum atomic E-state index is -0.493. The number of hydrogen-bond acceptors (Lipinski definition) is 2. The van der Waals surface area contributed by atoms with Gasteiger partial charge in [0, 0.05) is 18.7 Å². The third-order valence-electron chi connectivity index (χ3n) is 4.06. The van der Waals surface area contributed by atoms with Gasteiger partial charge in [0.1, 0.15) is 0 Å². The van der Waals surface area contributed by atoms with E-state index in [9.17, 15) is 9.90 Å². The first-order valence-electron chi connectivity index (χ1n) is 7.53. The van der Waals surface area contributed by atoms with Crippen molar-refractivity contribution in [3.8, 4) is 0 Å². The summed E-state index contributed by atoms with van der Waals surface area (Å²) in [6, 6.07) is 15.5. The molecule has 114 valence electrons. The Labute approximate surface area is 130 Å². The molecule has 1 aliphatic heterocycles. The van der Waals surface area contributed by atoms with Crippen molar-refractivity contribution >= 4 is 11.7 Å². The number of aliphatic hydroxyl groups excluding tert-OH is 1. The fraction of sp³-hybridized carbons (Fsp3) is 0.278. The lowest BCUT2D eigenvalue weighted by molar-refractivity contribution is 0.164. The Morgan fingerprint density at radius 3 is 2.77 bits per heavy atom. The molecule has 0 aliphatic carbocycles. The average molecular weight is 296 g/mol. The SMILES string of the molecule is Cc1cccc2c1N(C(=O)NCc1ccccc1)CCC2O. The monoisotopic (exact) mass is 296 g/mol. The highest BCUT2D eigenvalue weighted by Crippen LogP contribution is 2.36. The summed E-state index contributed by atoms with van der Waals surface area (Å²) in [7, 11) is 0. The number of fused-ring (bicyclic) bond motifs is 1. The van der Waals surface area contributed by atoms with Gasteiger partial charge >= 0.3 is 6.03 Å². The molecule has 22 heavy (non-hydrogen) atoms. The lowest BCUT2D eigenvalue weighted by Gasteiger charge is -2.33. The predicted molar refractivity (Wildman–Crippen MR) is 86.8 cm³/mol. The fourth-order valence-corrected chi connectivity index (χ4v) is 2.91. The second-order valence-electron chi connectivity index (χ2n) is 5.61. The van der Waals surface area contributed by atoms with Crippen LogP contribution < -0.4 is 10.2 Å². The normalized spacial score (nSPS) is 17.0. The molecule has 1 unspecified atom stereocenters. The van der Waals surface area contributed by atoms with Gasteiger partial charge in [0.25, 0.3) is 0 Å².